The van der Waals surface area contributed by atoms with Crippen LogP contribution in [0, 0.1) is 11.8 Å². The van der Waals surface area contributed by atoms with Gasteiger partial charge in [-0.2, -0.15) is 0 Å². The van der Waals surface area contributed by atoms with E-state index in [9.17, 15) is 4.79 Å². The maximum absolute atomic E-state index is 12.1. The molecule has 33 heavy (non-hydrogen) atoms. The van der Waals surface area contributed by atoms with Crippen molar-refractivity contribution in [2.75, 3.05) is 0 Å². The van der Waals surface area contributed by atoms with Crippen molar-refractivity contribution in [2.24, 2.45) is 11.8 Å². The van der Waals surface area contributed by atoms with E-state index in [1.165, 1.54) is 19.3 Å². The third-order valence-electron chi connectivity index (χ3n) is 8.70. The van der Waals surface area contributed by atoms with Gasteiger partial charge in [0.1, 0.15) is 6.10 Å². The van der Waals surface area contributed by atoms with Gasteiger partial charge < -0.3 is 13.6 Å². The Morgan fingerprint density at radius 1 is 1.03 bits per heavy atom. The highest BCUT2D eigenvalue weighted by molar-refractivity contribution is 6.74. The molecule has 0 aromatic carbocycles. The number of hydrogen-bond donors (Lipinski definition) is 0. The van der Waals surface area contributed by atoms with Crippen molar-refractivity contribution in [3.8, 4) is 0 Å². The Balaban J connectivity index is 2.26. The van der Waals surface area contributed by atoms with Crippen molar-refractivity contribution >= 4 is 22.6 Å². The minimum Gasteiger partial charge on any atom is -0.462 e. The molecule has 0 amide bonds. The summed E-state index contributed by atoms with van der Waals surface area (Å²) in [4.78, 5) is 12.1. The zero-order valence-corrected chi connectivity index (χ0v) is 25.4. The summed E-state index contributed by atoms with van der Waals surface area (Å²) in [5, 5.41) is 0.339. The summed E-state index contributed by atoms with van der Waals surface area (Å²) in [7, 11) is -3.80. The standard InChI is InChI=1S/C27H52O4Si2/c1-12-13-14-15-20(30-32(8,9)26(2,3)4)16-17-21-22-18-25(28)29-23(22)19-24(21)31-33(10,11)27(5,6)7/h16-17,20-24H,12-15,18-19H2,1-11H3/b17-16+/t20-,21-,22+,23-,24+/m0/s1. The van der Waals surface area contributed by atoms with Gasteiger partial charge in [0.2, 0.25) is 0 Å². The quantitative estimate of drug-likeness (QED) is 0.134. The zero-order chi connectivity index (χ0) is 25.2. The van der Waals surface area contributed by atoms with E-state index in [1.54, 1.807) is 0 Å². The Morgan fingerprint density at radius 3 is 2.18 bits per heavy atom. The van der Waals surface area contributed by atoms with Crippen LogP contribution in [0.1, 0.15) is 87.0 Å². The molecule has 2 fully saturated rings. The van der Waals surface area contributed by atoms with Crippen molar-refractivity contribution in [3.63, 3.8) is 0 Å². The maximum Gasteiger partial charge on any atom is 0.306 e. The maximum atomic E-state index is 12.1. The number of carbonyl (C=O) groups excluding carboxylic acids is 1. The van der Waals surface area contributed by atoms with Crippen LogP contribution in [0.3, 0.4) is 0 Å². The predicted molar refractivity (Wildman–Crippen MR) is 144 cm³/mol. The number of ether oxygens (including phenoxy) is 1. The van der Waals surface area contributed by atoms with E-state index in [0.29, 0.717) is 6.42 Å². The SMILES string of the molecule is CCCCC[C@@H](/C=C/[C@H]1[C@H]2CC(=O)O[C@H]2C[C@H]1O[Si](C)(C)C(C)(C)C)O[Si](C)(C)C(C)(C)C. The summed E-state index contributed by atoms with van der Waals surface area (Å²) in [6.45, 7) is 25.3. The number of hydrogen-bond acceptors (Lipinski definition) is 4. The molecule has 0 unspecified atom stereocenters. The molecule has 0 spiro atoms. The van der Waals surface area contributed by atoms with Crippen LogP contribution < -0.4 is 0 Å². The molecule has 0 aromatic heterocycles. The number of fused-ring (bicyclic) bond motifs is 1. The van der Waals surface area contributed by atoms with Crippen LogP contribution in [0.4, 0.5) is 0 Å². The summed E-state index contributed by atoms with van der Waals surface area (Å²) < 4.78 is 19.4. The number of carbonyl (C=O) groups is 1. The first-order valence-corrected chi connectivity index (χ1v) is 19.0. The van der Waals surface area contributed by atoms with Crippen LogP contribution in [0.5, 0.6) is 0 Å². The molecule has 1 aliphatic carbocycles. The fourth-order valence-electron chi connectivity index (χ4n) is 4.44. The van der Waals surface area contributed by atoms with E-state index in [2.05, 4.69) is 86.8 Å². The summed E-state index contributed by atoms with van der Waals surface area (Å²) in [5.41, 5.74) is 0. The van der Waals surface area contributed by atoms with E-state index < -0.39 is 16.6 Å². The van der Waals surface area contributed by atoms with E-state index >= 15 is 0 Å². The molecule has 4 nitrogen and oxygen atoms in total. The van der Waals surface area contributed by atoms with Crippen LogP contribution in [-0.2, 0) is 18.4 Å². The molecule has 0 N–H and O–H groups in total. The molecule has 1 aliphatic heterocycles. The largest absolute Gasteiger partial charge is 0.462 e. The zero-order valence-electron chi connectivity index (χ0n) is 23.4. The fraction of sp³-hybridized carbons (Fsp3) is 0.889. The van der Waals surface area contributed by atoms with Crippen molar-refractivity contribution < 1.29 is 18.4 Å². The highest BCUT2D eigenvalue weighted by atomic mass is 28.4. The van der Waals surface area contributed by atoms with Gasteiger partial charge in [-0.25, -0.2) is 0 Å². The third kappa shape index (κ3) is 7.28. The first-order chi connectivity index (χ1) is 15.0. The van der Waals surface area contributed by atoms with Crippen LogP contribution in [0.15, 0.2) is 12.2 Å². The molecule has 2 aliphatic rings. The molecule has 2 rings (SSSR count). The van der Waals surface area contributed by atoms with E-state index in [-0.39, 0.29) is 46.2 Å². The molecule has 5 atom stereocenters. The number of unbranched alkanes of at least 4 members (excludes halogenated alkanes) is 2. The van der Waals surface area contributed by atoms with Crippen LogP contribution in [-0.4, -0.2) is 40.9 Å². The van der Waals surface area contributed by atoms with E-state index in [4.69, 9.17) is 13.6 Å². The van der Waals surface area contributed by atoms with Gasteiger partial charge >= 0.3 is 5.97 Å². The molecule has 6 heteroatoms. The molecular formula is C27H52O4Si2. The van der Waals surface area contributed by atoms with Crippen LogP contribution in [0.25, 0.3) is 0 Å². The lowest BCUT2D eigenvalue weighted by atomic mass is 9.91. The highest BCUT2D eigenvalue weighted by Gasteiger charge is 2.52. The Hall–Kier alpha value is -0.436. The van der Waals surface area contributed by atoms with Gasteiger partial charge in [-0.3, -0.25) is 4.79 Å². The van der Waals surface area contributed by atoms with Gasteiger partial charge in [-0.15, -0.1) is 0 Å². The van der Waals surface area contributed by atoms with Crippen molar-refractivity contribution in [2.45, 2.75) is 142 Å². The molecule has 0 radical (unpaired) electrons. The molecule has 1 saturated carbocycles. The lowest BCUT2D eigenvalue weighted by molar-refractivity contribution is -0.141. The summed E-state index contributed by atoms with van der Waals surface area (Å²) in [6, 6.07) is 0. The van der Waals surface area contributed by atoms with Gasteiger partial charge in [0.05, 0.1) is 18.6 Å². The second-order valence-corrected chi connectivity index (χ2v) is 22.9. The van der Waals surface area contributed by atoms with Gasteiger partial charge in [-0.1, -0.05) is 79.9 Å². The topological polar surface area (TPSA) is 44.8 Å². The van der Waals surface area contributed by atoms with E-state index in [1.807, 2.05) is 0 Å². The Kier molecular flexibility index (Phi) is 9.31. The van der Waals surface area contributed by atoms with Crippen molar-refractivity contribution in [3.05, 3.63) is 12.2 Å². The smallest absolute Gasteiger partial charge is 0.306 e. The minimum absolute atomic E-state index is 0.00164. The minimum atomic E-state index is -1.92. The van der Waals surface area contributed by atoms with Crippen LogP contribution >= 0.6 is 0 Å². The Bertz CT molecular complexity index is 687. The first-order valence-electron chi connectivity index (χ1n) is 13.2. The molecular weight excluding hydrogens is 444 g/mol. The first kappa shape index (κ1) is 28.8. The average molecular weight is 497 g/mol. The van der Waals surface area contributed by atoms with Gasteiger partial charge in [0.25, 0.3) is 0 Å². The molecule has 1 heterocycles. The fourth-order valence-corrected chi connectivity index (χ4v) is 7.11. The number of rotatable bonds is 10. The molecule has 0 aromatic rings. The number of esters is 1. The Labute approximate surface area is 206 Å². The van der Waals surface area contributed by atoms with Crippen molar-refractivity contribution in [1.29, 1.82) is 0 Å². The average Bonchev–Trinajstić information content (AvgIpc) is 3.12. The second kappa shape index (κ2) is 10.7. The summed E-state index contributed by atoms with van der Waals surface area (Å²) in [5.74, 6) is 0.395. The molecule has 192 valence electrons. The molecule has 0 bridgehead atoms. The monoisotopic (exact) mass is 496 g/mol. The molecule has 1 saturated heterocycles. The second-order valence-electron chi connectivity index (χ2n) is 13.4. The highest BCUT2D eigenvalue weighted by Crippen LogP contribution is 2.47. The van der Waals surface area contributed by atoms with Crippen molar-refractivity contribution in [1.82, 2.24) is 0 Å². The van der Waals surface area contributed by atoms with E-state index in [0.717, 1.165) is 12.8 Å². The predicted octanol–water partition coefficient (Wildman–Crippen LogP) is 7.86. The van der Waals surface area contributed by atoms with Gasteiger partial charge in [0, 0.05) is 18.3 Å². The van der Waals surface area contributed by atoms with Gasteiger partial charge in [-0.05, 0) is 42.7 Å². The van der Waals surface area contributed by atoms with Gasteiger partial charge in [0.15, 0.2) is 16.6 Å². The normalized spacial score (nSPS) is 27.8. The van der Waals surface area contributed by atoms with Crippen LogP contribution in [0.2, 0.25) is 36.3 Å². The lowest BCUT2D eigenvalue weighted by Gasteiger charge is -2.40. The third-order valence-corrected chi connectivity index (χ3v) is 17.7. The summed E-state index contributed by atoms with van der Waals surface area (Å²) in [6.07, 6.45) is 10.9. The lowest BCUT2D eigenvalue weighted by Crippen LogP contribution is -2.45. The summed E-state index contributed by atoms with van der Waals surface area (Å²) >= 11 is 0. The Morgan fingerprint density at radius 2 is 1.64 bits per heavy atom.